The van der Waals surface area contributed by atoms with Gasteiger partial charge in [-0.05, 0) is 73.0 Å². The Morgan fingerprint density at radius 1 is 1.19 bits per heavy atom. The zero-order valence-electron chi connectivity index (χ0n) is 17.5. The molecule has 166 valence electrons. The molecule has 2 N–H and O–H groups in total. The molecule has 0 radical (unpaired) electrons. The van der Waals surface area contributed by atoms with E-state index in [2.05, 4.69) is 20.1 Å². The quantitative estimate of drug-likeness (QED) is 0.355. The number of hydrogen-bond donors (Lipinski definition) is 2. The molecular weight excluding hydrogens is 448 g/mol. The van der Waals surface area contributed by atoms with Crippen molar-refractivity contribution >= 4 is 41.1 Å². The van der Waals surface area contributed by atoms with E-state index < -0.39 is 5.97 Å². The second-order valence-corrected chi connectivity index (χ2v) is 8.81. The Balaban J connectivity index is 1.53. The van der Waals surface area contributed by atoms with Crippen molar-refractivity contribution in [3.05, 3.63) is 58.0 Å². The van der Waals surface area contributed by atoms with E-state index in [1.807, 2.05) is 24.3 Å². The molecule has 0 saturated carbocycles. The van der Waals surface area contributed by atoms with Crippen molar-refractivity contribution in [3.63, 3.8) is 0 Å². The maximum Gasteiger partial charge on any atom is 0.342 e. The second kappa shape index (κ2) is 10.1. The molecule has 0 unspecified atom stereocenters. The van der Waals surface area contributed by atoms with E-state index in [0.29, 0.717) is 27.3 Å². The largest absolute Gasteiger partial charge is 0.496 e. The maximum atomic E-state index is 11.8. The predicted octanol–water partition coefficient (Wildman–Crippen LogP) is 5.34. The van der Waals surface area contributed by atoms with Gasteiger partial charge in [-0.25, -0.2) is 9.78 Å². The molecule has 0 bridgehead atoms. The molecule has 1 saturated heterocycles. The van der Waals surface area contributed by atoms with Crippen LogP contribution in [0.5, 0.6) is 5.75 Å². The van der Waals surface area contributed by atoms with Gasteiger partial charge in [0.1, 0.15) is 10.7 Å². The smallest absolute Gasteiger partial charge is 0.342 e. The van der Waals surface area contributed by atoms with Gasteiger partial charge >= 0.3 is 5.97 Å². The van der Waals surface area contributed by atoms with Gasteiger partial charge in [0.15, 0.2) is 5.82 Å². The summed E-state index contributed by atoms with van der Waals surface area (Å²) in [5.41, 5.74) is 2.62. The minimum Gasteiger partial charge on any atom is -0.496 e. The van der Waals surface area contributed by atoms with Crippen LogP contribution < -0.4 is 9.64 Å². The maximum absolute atomic E-state index is 11.8. The summed E-state index contributed by atoms with van der Waals surface area (Å²) < 4.78 is 5.35. The number of halogens is 1. The van der Waals surface area contributed by atoms with Crippen molar-refractivity contribution in [1.82, 2.24) is 15.2 Å². The summed E-state index contributed by atoms with van der Waals surface area (Å²) in [6.45, 7) is 2.13. The van der Waals surface area contributed by atoms with Gasteiger partial charge in [-0.3, -0.25) is 5.10 Å². The van der Waals surface area contributed by atoms with E-state index >= 15 is 0 Å². The summed E-state index contributed by atoms with van der Waals surface area (Å²) >= 11 is 7.08. The topological polar surface area (TPSA) is 91.3 Å². The molecule has 4 rings (SSSR count). The highest BCUT2D eigenvalue weighted by atomic mass is 35.5. The van der Waals surface area contributed by atoms with Crippen molar-refractivity contribution in [2.75, 3.05) is 25.1 Å². The van der Waals surface area contributed by atoms with Crippen LogP contribution in [-0.4, -0.2) is 46.5 Å². The lowest BCUT2D eigenvalue weighted by atomic mass is 10.1. The van der Waals surface area contributed by atoms with Gasteiger partial charge in [0.25, 0.3) is 0 Å². The number of benzene rings is 2. The number of nitrogens with zero attached hydrogens (tertiary/aromatic N) is 3. The Kier molecular flexibility index (Phi) is 7.02. The summed E-state index contributed by atoms with van der Waals surface area (Å²) in [7, 11) is 1.56. The van der Waals surface area contributed by atoms with Crippen molar-refractivity contribution in [3.8, 4) is 17.1 Å². The molecule has 1 aromatic heterocycles. The Bertz CT molecular complexity index is 1120. The van der Waals surface area contributed by atoms with E-state index in [0.717, 1.165) is 30.4 Å². The van der Waals surface area contributed by atoms with Crippen LogP contribution in [0.15, 0.2) is 52.5 Å². The van der Waals surface area contributed by atoms with Crippen molar-refractivity contribution in [2.45, 2.75) is 24.4 Å². The fourth-order valence-corrected chi connectivity index (χ4v) is 4.48. The first-order valence-corrected chi connectivity index (χ1v) is 11.5. The van der Waals surface area contributed by atoms with Crippen LogP contribution >= 0.6 is 23.4 Å². The lowest BCUT2D eigenvalue weighted by Crippen LogP contribution is -2.29. The summed E-state index contributed by atoms with van der Waals surface area (Å²) in [6, 6.07) is 13.1. The number of aliphatic carboxylic acids is 1. The third-order valence-corrected chi connectivity index (χ3v) is 6.32. The van der Waals surface area contributed by atoms with E-state index in [1.165, 1.54) is 24.9 Å². The molecule has 0 aliphatic carbocycles. The molecule has 32 heavy (non-hydrogen) atoms. The van der Waals surface area contributed by atoms with Crippen LogP contribution in [0.4, 0.5) is 5.69 Å². The first-order valence-electron chi connectivity index (χ1n) is 10.3. The second-order valence-electron chi connectivity index (χ2n) is 7.37. The zero-order valence-corrected chi connectivity index (χ0v) is 19.1. The number of H-pyrrole nitrogens is 1. The number of carbonyl (C=O) groups is 1. The number of thioether (sulfide) groups is 1. The van der Waals surface area contributed by atoms with Crippen LogP contribution in [0.25, 0.3) is 17.5 Å². The number of aromatic nitrogens is 3. The highest BCUT2D eigenvalue weighted by Crippen LogP contribution is 2.33. The fourth-order valence-electron chi connectivity index (χ4n) is 3.60. The summed E-state index contributed by atoms with van der Waals surface area (Å²) in [5.74, 6) is -0.00541. The SMILES string of the molecule is COc1ccc(Cl)cc1-c1nc(S/C(=C/c2ccc(N3CCCCC3)cc2)C(=O)O)n[nH]1. The molecule has 2 aromatic carbocycles. The summed E-state index contributed by atoms with van der Waals surface area (Å²) in [5, 5.41) is 17.5. The minimum atomic E-state index is -1.04. The summed E-state index contributed by atoms with van der Waals surface area (Å²) in [4.78, 5) is 18.7. The molecule has 1 aliphatic rings. The number of rotatable bonds is 7. The molecule has 3 aromatic rings. The molecule has 9 heteroatoms. The number of piperidine rings is 1. The molecule has 7 nitrogen and oxygen atoms in total. The van der Waals surface area contributed by atoms with E-state index in [4.69, 9.17) is 16.3 Å². The zero-order chi connectivity index (χ0) is 22.5. The van der Waals surface area contributed by atoms with Gasteiger partial charge in [0, 0.05) is 23.8 Å². The first kappa shape index (κ1) is 22.2. The molecule has 1 aliphatic heterocycles. The Labute approximate surface area is 195 Å². The number of nitrogens with one attached hydrogen (secondary N) is 1. The number of hydrogen-bond acceptors (Lipinski definition) is 6. The normalized spacial score (nSPS) is 14.4. The van der Waals surface area contributed by atoms with Crippen LogP contribution in [0.2, 0.25) is 5.02 Å². The monoisotopic (exact) mass is 470 g/mol. The van der Waals surface area contributed by atoms with Gasteiger partial charge in [-0.1, -0.05) is 23.7 Å². The third kappa shape index (κ3) is 5.26. The molecule has 0 atom stereocenters. The molecule has 1 fully saturated rings. The number of carboxylic acids is 1. The Hall–Kier alpha value is -2.97. The van der Waals surface area contributed by atoms with Gasteiger partial charge in [0.2, 0.25) is 5.16 Å². The number of anilines is 1. The van der Waals surface area contributed by atoms with Gasteiger partial charge in [0.05, 0.1) is 12.7 Å². The van der Waals surface area contributed by atoms with Crippen LogP contribution in [-0.2, 0) is 4.79 Å². The van der Waals surface area contributed by atoms with Crippen molar-refractivity contribution in [2.24, 2.45) is 0 Å². The first-order chi connectivity index (χ1) is 15.5. The number of carboxylic acid groups (broad SMARTS) is 1. The molecule has 0 amide bonds. The van der Waals surface area contributed by atoms with Crippen LogP contribution in [0, 0.1) is 0 Å². The minimum absolute atomic E-state index is 0.124. The van der Waals surface area contributed by atoms with Crippen molar-refractivity contribution in [1.29, 1.82) is 0 Å². The standard InChI is InChI=1S/C23H23ClN4O3S/c1-31-19-10-7-16(24)14-18(19)21-25-23(27-26-21)32-20(22(29)30)13-15-5-8-17(9-6-15)28-11-3-2-4-12-28/h5-10,13-14H,2-4,11-12H2,1H3,(H,29,30)(H,25,26,27)/b20-13+. The molecular formula is C23H23ClN4O3S. The number of ether oxygens (including phenoxy) is 1. The van der Waals surface area contributed by atoms with E-state index in [1.54, 1.807) is 31.4 Å². The predicted molar refractivity (Wildman–Crippen MR) is 127 cm³/mol. The molecule has 2 heterocycles. The Morgan fingerprint density at radius 3 is 2.62 bits per heavy atom. The van der Waals surface area contributed by atoms with E-state index in [-0.39, 0.29) is 4.91 Å². The highest BCUT2D eigenvalue weighted by Gasteiger charge is 2.17. The highest BCUT2D eigenvalue weighted by molar-refractivity contribution is 8.04. The molecule has 0 spiro atoms. The average Bonchev–Trinajstić information content (AvgIpc) is 3.28. The third-order valence-electron chi connectivity index (χ3n) is 5.21. The van der Waals surface area contributed by atoms with Crippen LogP contribution in [0.3, 0.4) is 0 Å². The van der Waals surface area contributed by atoms with Crippen molar-refractivity contribution < 1.29 is 14.6 Å². The van der Waals surface area contributed by atoms with Crippen LogP contribution in [0.1, 0.15) is 24.8 Å². The van der Waals surface area contributed by atoms with Gasteiger partial charge < -0.3 is 14.7 Å². The lowest BCUT2D eigenvalue weighted by Gasteiger charge is -2.28. The Morgan fingerprint density at radius 2 is 1.94 bits per heavy atom. The van der Waals surface area contributed by atoms with Gasteiger partial charge in [-0.15, -0.1) is 5.10 Å². The van der Waals surface area contributed by atoms with E-state index in [9.17, 15) is 9.90 Å². The summed E-state index contributed by atoms with van der Waals surface area (Å²) in [6.07, 6.45) is 5.33. The number of aromatic amines is 1. The number of methoxy groups -OCH3 is 1. The lowest BCUT2D eigenvalue weighted by molar-refractivity contribution is -0.131. The van der Waals surface area contributed by atoms with Gasteiger partial charge in [-0.2, -0.15) is 0 Å². The average molecular weight is 471 g/mol. The fraction of sp³-hybridized carbons (Fsp3) is 0.261.